The Bertz CT molecular complexity index is 294. The van der Waals surface area contributed by atoms with Gasteiger partial charge in [-0.3, -0.25) is 0 Å². The molecule has 2 aliphatic rings. The zero-order chi connectivity index (χ0) is 9.64. The van der Waals surface area contributed by atoms with E-state index in [9.17, 15) is 8.76 Å². The summed E-state index contributed by atoms with van der Waals surface area (Å²) >= 11 is 5.11. The van der Waals surface area contributed by atoms with Crippen LogP contribution in [0.2, 0.25) is 0 Å². The van der Waals surface area contributed by atoms with E-state index in [1.807, 2.05) is 11.8 Å². The second-order valence-electron chi connectivity index (χ2n) is 3.52. The lowest BCUT2D eigenvalue weighted by molar-refractivity contribution is 0.370. The fourth-order valence-corrected chi connectivity index (χ4v) is 4.42. The average molecular weight is 221 g/mol. The van der Waals surface area contributed by atoms with Crippen LogP contribution in [0, 0.1) is 0 Å². The predicted octanol–water partition coefficient (Wildman–Crippen LogP) is -0.0803. The molecule has 0 radical (unpaired) electrons. The fraction of sp³-hybridized carbons (Fsp3) is 0.857. The van der Waals surface area contributed by atoms with Crippen LogP contribution < -0.4 is 5.32 Å². The van der Waals surface area contributed by atoms with E-state index in [1.165, 1.54) is 0 Å². The summed E-state index contributed by atoms with van der Waals surface area (Å²) < 4.78 is 20.8. The van der Waals surface area contributed by atoms with Gasteiger partial charge in [-0.25, -0.2) is 0 Å². The Morgan fingerprint density at radius 1 is 1.77 bits per heavy atom. The topological polar surface area (TPSA) is 52.6 Å². The standard InChI is InChI=1S/C7H12N2O2S2/c1-2-9-6-4-13(10,11)3-5(6)8-7(9)12/h5-6H,2-4H2,1H3,(H-,8,10,11,12)/p+1/t5-,6+/m1/s1. The first-order valence-electron chi connectivity index (χ1n) is 4.32. The third-order valence-electron chi connectivity index (χ3n) is 2.65. The van der Waals surface area contributed by atoms with E-state index in [4.69, 9.17) is 12.2 Å². The highest BCUT2D eigenvalue weighted by atomic mass is 32.3. The molecule has 2 heterocycles. The molecule has 2 fully saturated rings. The molecule has 4 nitrogen and oxygen atoms in total. The molecule has 6 heteroatoms. The van der Waals surface area contributed by atoms with Gasteiger partial charge < -0.3 is 10.2 Å². The summed E-state index contributed by atoms with van der Waals surface area (Å²) in [6.07, 6.45) is 0. The maximum Gasteiger partial charge on any atom is 0.218 e. The average Bonchev–Trinajstić information content (AvgIpc) is 2.39. The van der Waals surface area contributed by atoms with Gasteiger partial charge in [-0.05, 0) is 19.1 Å². The fourth-order valence-electron chi connectivity index (χ4n) is 2.06. The van der Waals surface area contributed by atoms with Crippen LogP contribution in [0.5, 0.6) is 0 Å². The Kier molecular flexibility index (Phi) is 2.08. The zero-order valence-electron chi connectivity index (χ0n) is 7.40. The smallest absolute Gasteiger partial charge is 0.218 e. The largest absolute Gasteiger partial charge is 0.353 e. The SMILES string of the molecule is CCN1C(=S)N[C@@H]2C[S+](=O)(O)C[C@@H]21. The van der Waals surface area contributed by atoms with E-state index < -0.39 is 10.2 Å². The van der Waals surface area contributed by atoms with Gasteiger partial charge in [0, 0.05) is 6.54 Å². The van der Waals surface area contributed by atoms with Crippen molar-refractivity contribution in [1.82, 2.24) is 10.2 Å². The monoisotopic (exact) mass is 221 g/mol. The van der Waals surface area contributed by atoms with Crippen LogP contribution >= 0.6 is 12.2 Å². The van der Waals surface area contributed by atoms with Gasteiger partial charge in [-0.1, -0.05) is 4.21 Å². The number of nitrogens with zero attached hydrogens (tertiary/aromatic N) is 1. The van der Waals surface area contributed by atoms with E-state index >= 15 is 0 Å². The summed E-state index contributed by atoms with van der Waals surface area (Å²) in [4.78, 5) is 2.00. The number of thiocarbonyl (C=S) groups is 1. The van der Waals surface area contributed by atoms with Crippen LogP contribution in [-0.2, 0) is 14.4 Å². The van der Waals surface area contributed by atoms with Crippen molar-refractivity contribution in [2.45, 2.75) is 19.0 Å². The molecular weight excluding hydrogens is 208 g/mol. The molecule has 0 saturated carbocycles. The molecule has 0 spiro atoms. The normalized spacial score (nSPS) is 43.5. The molecule has 0 aromatic carbocycles. The number of rotatable bonds is 1. The van der Waals surface area contributed by atoms with Crippen LogP contribution in [0.25, 0.3) is 0 Å². The van der Waals surface area contributed by atoms with Crippen LogP contribution in [-0.4, -0.2) is 44.7 Å². The summed E-state index contributed by atoms with van der Waals surface area (Å²) in [6, 6.07) is 0.222. The molecule has 74 valence electrons. The minimum absolute atomic E-state index is 0.0879. The molecule has 2 rings (SSSR count). The molecule has 3 atom stereocenters. The molecule has 13 heavy (non-hydrogen) atoms. The molecule has 2 saturated heterocycles. The van der Waals surface area contributed by atoms with Gasteiger partial charge in [0.15, 0.2) is 16.6 Å². The lowest BCUT2D eigenvalue weighted by Gasteiger charge is -2.19. The zero-order valence-corrected chi connectivity index (χ0v) is 9.03. The summed E-state index contributed by atoms with van der Waals surface area (Å²) in [5.74, 6) is 0.701. The first-order valence-corrected chi connectivity index (χ1v) is 6.59. The van der Waals surface area contributed by atoms with Gasteiger partial charge >= 0.3 is 0 Å². The van der Waals surface area contributed by atoms with Crippen molar-refractivity contribution in [1.29, 1.82) is 0 Å². The van der Waals surface area contributed by atoms with Gasteiger partial charge in [-0.2, -0.15) is 4.55 Å². The minimum Gasteiger partial charge on any atom is -0.353 e. The lowest BCUT2D eigenvalue weighted by Crippen LogP contribution is -2.37. The van der Waals surface area contributed by atoms with Crippen LogP contribution in [0.4, 0.5) is 0 Å². The molecule has 2 aliphatic heterocycles. The molecule has 2 N–H and O–H groups in total. The van der Waals surface area contributed by atoms with Crippen molar-refractivity contribution in [2.75, 3.05) is 18.1 Å². The van der Waals surface area contributed by atoms with E-state index in [0.717, 1.165) is 11.7 Å². The number of likely N-dealkylation sites (N-methyl/N-ethyl adjacent to an activating group) is 1. The van der Waals surface area contributed by atoms with E-state index in [-0.39, 0.29) is 12.1 Å². The van der Waals surface area contributed by atoms with Crippen LogP contribution in [0.3, 0.4) is 0 Å². The van der Waals surface area contributed by atoms with Gasteiger partial charge in [0.25, 0.3) is 0 Å². The first-order chi connectivity index (χ1) is 6.03. The Balaban J connectivity index is 2.19. The molecule has 0 amide bonds. The highest BCUT2D eigenvalue weighted by molar-refractivity contribution is 7.98. The van der Waals surface area contributed by atoms with Crippen molar-refractivity contribution >= 4 is 27.5 Å². The Morgan fingerprint density at radius 3 is 3.08 bits per heavy atom. The molecule has 0 bridgehead atoms. The van der Waals surface area contributed by atoms with Gasteiger partial charge in [0.2, 0.25) is 10.2 Å². The van der Waals surface area contributed by atoms with Crippen LogP contribution in [0.15, 0.2) is 0 Å². The molecule has 1 unspecified atom stereocenters. The van der Waals surface area contributed by atoms with Gasteiger partial charge in [-0.15, -0.1) is 0 Å². The third kappa shape index (κ3) is 1.47. The van der Waals surface area contributed by atoms with Crippen molar-refractivity contribution in [2.24, 2.45) is 0 Å². The summed E-state index contributed by atoms with van der Waals surface area (Å²) in [6.45, 7) is 2.82. The molecular formula is C7H13N2O2S2+. The summed E-state index contributed by atoms with van der Waals surface area (Å²) in [5, 5.41) is 3.82. The Morgan fingerprint density at radius 2 is 2.46 bits per heavy atom. The summed E-state index contributed by atoms with van der Waals surface area (Å²) in [5.41, 5.74) is 0. The predicted molar refractivity (Wildman–Crippen MR) is 56.1 cm³/mol. The first kappa shape index (κ1) is 9.36. The quantitative estimate of drug-likeness (QED) is 0.479. The lowest BCUT2D eigenvalue weighted by atomic mass is 10.2. The number of hydrogen-bond acceptors (Lipinski definition) is 2. The Hall–Kier alpha value is -0.200. The highest BCUT2D eigenvalue weighted by Crippen LogP contribution is 2.26. The highest BCUT2D eigenvalue weighted by Gasteiger charge is 2.53. The molecule has 0 aromatic rings. The van der Waals surface area contributed by atoms with Gasteiger partial charge in [0.05, 0.1) is 0 Å². The van der Waals surface area contributed by atoms with Crippen LogP contribution in [0.1, 0.15) is 6.92 Å². The minimum atomic E-state index is -2.59. The van der Waals surface area contributed by atoms with Crippen molar-refractivity contribution in [3.8, 4) is 0 Å². The molecule has 0 aliphatic carbocycles. The van der Waals surface area contributed by atoms with Crippen molar-refractivity contribution in [3.05, 3.63) is 0 Å². The van der Waals surface area contributed by atoms with Crippen molar-refractivity contribution < 1.29 is 8.76 Å². The van der Waals surface area contributed by atoms with E-state index in [2.05, 4.69) is 5.32 Å². The Labute approximate surface area is 83.9 Å². The van der Waals surface area contributed by atoms with Gasteiger partial charge in [0.1, 0.15) is 12.1 Å². The van der Waals surface area contributed by atoms with Crippen molar-refractivity contribution in [3.63, 3.8) is 0 Å². The number of fused-ring (bicyclic) bond motifs is 1. The summed E-state index contributed by atoms with van der Waals surface area (Å²) in [7, 11) is -2.59. The number of nitrogens with one attached hydrogen (secondary N) is 1. The molecule has 0 aromatic heterocycles. The third-order valence-corrected chi connectivity index (χ3v) is 4.74. The maximum absolute atomic E-state index is 11.4. The maximum atomic E-state index is 11.4. The van der Waals surface area contributed by atoms with E-state index in [1.54, 1.807) is 0 Å². The van der Waals surface area contributed by atoms with E-state index in [0.29, 0.717) is 11.5 Å². The second kappa shape index (κ2) is 2.90. The number of hydrogen-bond donors (Lipinski definition) is 2. The second-order valence-corrected chi connectivity index (χ2v) is 6.11.